The molecule has 7 atom stereocenters. The van der Waals surface area contributed by atoms with Crippen molar-refractivity contribution < 1.29 is 28.6 Å². The summed E-state index contributed by atoms with van der Waals surface area (Å²) in [5.41, 5.74) is -1.04. The summed E-state index contributed by atoms with van der Waals surface area (Å²) in [6.07, 6.45) is 4.59. The van der Waals surface area contributed by atoms with Gasteiger partial charge in [0, 0.05) is 12.3 Å². The lowest BCUT2D eigenvalue weighted by molar-refractivity contribution is -0.152. The number of hydrogen-bond donors (Lipinski definition) is 1. The molecule has 0 unspecified atom stereocenters. The molecule has 0 aliphatic carbocycles. The number of amides is 1. The van der Waals surface area contributed by atoms with Gasteiger partial charge in [-0.1, -0.05) is 19.1 Å². The highest BCUT2D eigenvalue weighted by Crippen LogP contribution is 2.59. The number of hydrogen-bond acceptors (Lipinski definition) is 5. The van der Waals surface area contributed by atoms with Crippen molar-refractivity contribution in [3.05, 3.63) is 36.3 Å². The van der Waals surface area contributed by atoms with Crippen molar-refractivity contribution in [3.63, 3.8) is 0 Å². The number of aliphatic carboxylic acids is 1. The average Bonchev–Trinajstić information content (AvgIpc) is 3.32. The van der Waals surface area contributed by atoms with Gasteiger partial charge in [0.1, 0.15) is 23.1 Å². The molecule has 4 aliphatic heterocycles. The highest BCUT2D eigenvalue weighted by molar-refractivity contribution is 5.95. The van der Waals surface area contributed by atoms with Gasteiger partial charge in [0.25, 0.3) is 0 Å². The van der Waals surface area contributed by atoms with E-state index in [0.717, 1.165) is 0 Å². The number of ether oxygens (including phenoxy) is 1. The number of furan rings is 1. The normalized spacial score (nSPS) is 44.3. The van der Waals surface area contributed by atoms with Crippen molar-refractivity contribution in [2.45, 2.75) is 37.1 Å². The molecule has 1 aromatic heterocycles. The lowest BCUT2D eigenvalue weighted by Gasteiger charge is -2.43. The SMILES string of the molecule is C[C@@H]1C(=O)C[C@@H](c2ccco2)N2C(=O)[C@H]3[C@H](C(=O)O)[C@@H]4C=C[C@]3(O4)[C@H]12. The van der Waals surface area contributed by atoms with Gasteiger partial charge in [-0.05, 0) is 12.1 Å². The standard InChI is InChI=1S/C18H17NO6/c1-8-10(20)7-9(11-3-2-6-24-11)19-15(8)18-5-4-12(25-18)13(17(22)23)14(18)16(19)21/h2-6,8-9,12-15H,7H2,1H3,(H,22,23)/t8-,9+,12+,13-,14-,15+,18-/m1/s1. The summed E-state index contributed by atoms with van der Waals surface area (Å²) >= 11 is 0. The Balaban J connectivity index is 1.67. The fourth-order valence-electron chi connectivity index (χ4n) is 5.25. The van der Waals surface area contributed by atoms with Crippen LogP contribution in [0.15, 0.2) is 35.0 Å². The number of nitrogens with zero attached hydrogens (tertiary/aromatic N) is 1. The van der Waals surface area contributed by atoms with Gasteiger partial charge in [-0.3, -0.25) is 14.4 Å². The summed E-state index contributed by atoms with van der Waals surface area (Å²) in [5.74, 6) is -2.85. The van der Waals surface area contributed by atoms with Gasteiger partial charge in [0.15, 0.2) is 0 Å². The minimum absolute atomic E-state index is 0.0321. The van der Waals surface area contributed by atoms with Gasteiger partial charge in [0.05, 0.1) is 30.4 Å². The Hall–Kier alpha value is -2.41. The Bertz CT molecular complexity index is 814. The molecule has 1 amide bonds. The summed E-state index contributed by atoms with van der Waals surface area (Å²) in [5, 5.41) is 9.63. The zero-order valence-electron chi connectivity index (χ0n) is 13.5. The van der Waals surface area contributed by atoms with Crippen LogP contribution in [0.2, 0.25) is 0 Å². The zero-order chi connectivity index (χ0) is 17.5. The van der Waals surface area contributed by atoms with Crippen LogP contribution in [0, 0.1) is 17.8 Å². The number of rotatable bonds is 2. The van der Waals surface area contributed by atoms with Gasteiger partial charge in [0.2, 0.25) is 5.91 Å². The molecule has 1 spiro atoms. The van der Waals surface area contributed by atoms with Crippen LogP contribution in [-0.4, -0.2) is 45.4 Å². The van der Waals surface area contributed by atoms with E-state index in [1.807, 2.05) is 0 Å². The van der Waals surface area contributed by atoms with Crippen molar-refractivity contribution in [1.82, 2.24) is 4.90 Å². The minimum Gasteiger partial charge on any atom is -0.481 e. The molecule has 1 aromatic rings. The van der Waals surface area contributed by atoms with Crippen LogP contribution in [0.3, 0.4) is 0 Å². The molecule has 0 radical (unpaired) electrons. The largest absolute Gasteiger partial charge is 0.481 e. The van der Waals surface area contributed by atoms with Gasteiger partial charge in [-0.25, -0.2) is 0 Å². The Morgan fingerprint density at radius 2 is 2.20 bits per heavy atom. The molecule has 3 saturated heterocycles. The molecule has 7 heteroatoms. The Morgan fingerprint density at radius 1 is 1.40 bits per heavy atom. The quantitative estimate of drug-likeness (QED) is 0.810. The number of Topliss-reactive ketones (excluding diaryl/α,β-unsaturated/α-hetero) is 1. The van der Waals surface area contributed by atoms with Crippen molar-refractivity contribution >= 4 is 17.7 Å². The van der Waals surface area contributed by atoms with Crippen LogP contribution in [-0.2, 0) is 19.1 Å². The number of carboxylic acids is 1. The molecule has 7 nitrogen and oxygen atoms in total. The molecule has 3 fully saturated rings. The third-order valence-electron chi connectivity index (χ3n) is 6.24. The molecule has 130 valence electrons. The zero-order valence-corrected chi connectivity index (χ0v) is 13.5. The third-order valence-corrected chi connectivity index (χ3v) is 6.24. The van der Waals surface area contributed by atoms with E-state index < -0.39 is 47.5 Å². The first-order valence-electron chi connectivity index (χ1n) is 8.44. The second kappa shape index (κ2) is 4.60. The molecular formula is C18H17NO6. The predicted octanol–water partition coefficient (Wildman–Crippen LogP) is 1.16. The molecule has 0 aromatic carbocycles. The summed E-state index contributed by atoms with van der Waals surface area (Å²) in [7, 11) is 0. The van der Waals surface area contributed by atoms with Gasteiger partial charge in [-0.15, -0.1) is 0 Å². The van der Waals surface area contributed by atoms with Crippen LogP contribution in [0.1, 0.15) is 25.1 Å². The second-order valence-corrected chi connectivity index (χ2v) is 7.32. The number of carboxylic acid groups (broad SMARTS) is 1. The molecule has 25 heavy (non-hydrogen) atoms. The molecule has 2 bridgehead atoms. The van der Waals surface area contributed by atoms with E-state index >= 15 is 0 Å². The average molecular weight is 343 g/mol. The summed E-state index contributed by atoms with van der Waals surface area (Å²) < 4.78 is 11.5. The fraction of sp³-hybridized carbons (Fsp3) is 0.500. The number of carbonyl (C=O) groups is 3. The van der Waals surface area contributed by atoms with E-state index in [1.165, 1.54) is 6.26 Å². The highest BCUT2D eigenvalue weighted by Gasteiger charge is 2.74. The fourth-order valence-corrected chi connectivity index (χ4v) is 5.25. The van der Waals surface area contributed by atoms with Crippen LogP contribution in [0.4, 0.5) is 0 Å². The van der Waals surface area contributed by atoms with Crippen LogP contribution >= 0.6 is 0 Å². The van der Waals surface area contributed by atoms with E-state index in [1.54, 1.807) is 36.1 Å². The Labute approximate surface area is 143 Å². The van der Waals surface area contributed by atoms with Gasteiger partial charge < -0.3 is 19.2 Å². The number of fused-ring (bicyclic) bond motifs is 2. The second-order valence-electron chi connectivity index (χ2n) is 7.32. The van der Waals surface area contributed by atoms with Crippen molar-refractivity contribution in [1.29, 1.82) is 0 Å². The molecule has 1 N–H and O–H groups in total. The monoisotopic (exact) mass is 343 g/mol. The maximum Gasteiger partial charge on any atom is 0.310 e. The van der Waals surface area contributed by atoms with Crippen LogP contribution in [0.5, 0.6) is 0 Å². The molecule has 0 saturated carbocycles. The van der Waals surface area contributed by atoms with Crippen LogP contribution < -0.4 is 0 Å². The Morgan fingerprint density at radius 3 is 2.88 bits per heavy atom. The third kappa shape index (κ3) is 1.62. The van der Waals surface area contributed by atoms with Crippen molar-refractivity contribution in [2.24, 2.45) is 17.8 Å². The lowest BCUT2D eigenvalue weighted by Crippen LogP contribution is -2.55. The smallest absolute Gasteiger partial charge is 0.310 e. The van der Waals surface area contributed by atoms with E-state index in [4.69, 9.17) is 9.15 Å². The summed E-state index contributed by atoms with van der Waals surface area (Å²) in [4.78, 5) is 39.3. The van der Waals surface area contributed by atoms with Gasteiger partial charge in [-0.2, -0.15) is 0 Å². The summed E-state index contributed by atoms with van der Waals surface area (Å²) in [6, 6.07) is 2.44. The van der Waals surface area contributed by atoms with E-state index in [2.05, 4.69) is 0 Å². The first-order chi connectivity index (χ1) is 12.0. The first kappa shape index (κ1) is 14.9. The maximum atomic E-state index is 13.3. The first-order valence-corrected chi connectivity index (χ1v) is 8.44. The Kier molecular flexibility index (Phi) is 2.74. The molecular weight excluding hydrogens is 326 g/mol. The van der Waals surface area contributed by atoms with Crippen molar-refractivity contribution in [3.8, 4) is 0 Å². The number of piperidine rings is 1. The van der Waals surface area contributed by atoms with E-state index in [-0.39, 0.29) is 18.1 Å². The number of carbonyl (C=O) groups excluding carboxylic acids is 2. The highest BCUT2D eigenvalue weighted by atomic mass is 16.5. The van der Waals surface area contributed by atoms with E-state index in [9.17, 15) is 19.5 Å². The van der Waals surface area contributed by atoms with E-state index in [0.29, 0.717) is 5.76 Å². The van der Waals surface area contributed by atoms with Crippen LogP contribution in [0.25, 0.3) is 0 Å². The van der Waals surface area contributed by atoms with Crippen molar-refractivity contribution in [2.75, 3.05) is 0 Å². The molecule has 5 rings (SSSR count). The minimum atomic E-state index is -1.04. The summed E-state index contributed by atoms with van der Waals surface area (Å²) in [6.45, 7) is 1.79. The van der Waals surface area contributed by atoms with Gasteiger partial charge >= 0.3 is 5.97 Å². The topological polar surface area (TPSA) is 97.1 Å². The lowest BCUT2D eigenvalue weighted by atomic mass is 9.71. The molecule has 5 heterocycles. The predicted molar refractivity (Wildman–Crippen MR) is 82.2 cm³/mol. The maximum absolute atomic E-state index is 13.3. The molecule has 4 aliphatic rings. The number of ketones is 1.